The van der Waals surface area contributed by atoms with Gasteiger partial charge in [0, 0.05) is 14.1 Å². The summed E-state index contributed by atoms with van der Waals surface area (Å²) in [7, 11) is 3.69. The van der Waals surface area contributed by atoms with Crippen LogP contribution in [0.1, 0.15) is 0 Å². The highest BCUT2D eigenvalue weighted by molar-refractivity contribution is 5.45. The molecule has 0 aromatic carbocycles. The highest BCUT2D eigenvalue weighted by atomic mass is 16.5. The molecule has 68 valence electrons. The largest absolute Gasteiger partial charge is 0.459 e. The van der Waals surface area contributed by atoms with E-state index in [1.807, 2.05) is 14.1 Å². The van der Waals surface area contributed by atoms with Crippen molar-refractivity contribution in [2.24, 2.45) is 0 Å². The first kappa shape index (κ1) is 7.85. The average Bonchev–Trinajstić information content (AvgIpc) is 2.75. The van der Waals surface area contributed by atoms with Crippen LogP contribution >= 0.6 is 0 Å². The number of hydrogen-bond acceptors (Lipinski definition) is 5. The molecule has 0 atom stereocenters. The summed E-state index contributed by atoms with van der Waals surface area (Å²) in [6.07, 6.45) is 1.56. The molecular weight excluding hydrogens is 170 g/mol. The molecule has 0 aliphatic carbocycles. The van der Waals surface area contributed by atoms with Gasteiger partial charge in [-0.3, -0.25) is 0 Å². The van der Waals surface area contributed by atoms with Gasteiger partial charge in [0.05, 0.1) is 6.26 Å². The van der Waals surface area contributed by atoms with Gasteiger partial charge >= 0.3 is 0 Å². The summed E-state index contributed by atoms with van der Waals surface area (Å²) in [4.78, 5) is 5.87. The zero-order chi connectivity index (χ0) is 9.26. The summed E-state index contributed by atoms with van der Waals surface area (Å²) in [5.41, 5.74) is 0. The van der Waals surface area contributed by atoms with E-state index in [-0.39, 0.29) is 0 Å². The second-order valence-corrected chi connectivity index (χ2v) is 2.77. The molecule has 2 aromatic heterocycles. The highest BCUT2D eigenvalue weighted by Gasteiger charge is 2.11. The van der Waals surface area contributed by atoms with Crippen LogP contribution in [0, 0.1) is 0 Å². The Morgan fingerprint density at radius 1 is 1.38 bits per heavy atom. The van der Waals surface area contributed by atoms with Gasteiger partial charge in [-0.15, -0.1) is 0 Å². The number of furan rings is 1. The molecule has 0 radical (unpaired) electrons. The molecule has 5 nitrogen and oxygen atoms in total. The number of hydrogen-bond donors (Lipinski definition) is 0. The molecule has 5 heteroatoms. The Labute approximate surface area is 75.0 Å². The van der Waals surface area contributed by atoms with Crippen LogP contribution in [0.4, 0.5) is 5.95 Å². The van der Waals surface area contributed by atoms with Crippen molar-refractivity contribution in [1.82, 2.24) is 10.1 Å². The fourth-order valence-electron chi connectivity index (χ4n) is 0.898. The Bertz CT molecular complexity index is 378. The molecule has 0 spiro atoms. The van der Waals surface area contributed by atoms with Crippen LogP contribution < -0.4 is 4.90 Å². The van der Waals surface area contributed by atoms with Gasteiger partial charge in [0.25, 0.3) is 11.8 Å². The zero-order valence-electron chi connectivity index (χ0n) is 7.39. The van der Waals surface area contributed by atoms with Crippen LogP contribution in [0.2, 0.25) is 0 Å². The first-order valence-corrected chi connectivity index (χ1v) is 3.82. The summed E-state index contributed by atoms with van der Waals surface area (Å²) in [6, 6.07) is 3.54. The molecule has 2 aromatic rings. The van der Waals surface area contributed by atoms with Crippen molar-refractivity contribution in [2.75, 3.05) is 19.0 Å². The van der Waals surface area contributed by atoms with E-state index in [4.69, 9.17) is 8.94 Å². The summed E-state index contributed by atoms with van der Waals surface area (Å²) in [6.45, 7) is 0. The van der Waals surface area contributed by atoms with Crippen LogP contribution in [0.3, 0.4) is 0 Å². The van der Waals surface area contributed by atoms with Crippen molar-refractivity contribution >= 4 is 5.95 Å². The molecule has 0 amide bonds. The SMILES string of the molecule is CN(C)c1noc(-c2ccco2)n1. The molecule has 0 fully saturated rings. The average molecular weight is 179 g/mol. The molecular formula is C8H9N3O2. The van der Waals surface area contributed by atoms with E-state index >= 15 is 0 Å². The standard InChI is InChI=1S/C8H9N3O2/c1-11(2)8-9-7(13-10-8)6-4-3-5-12-6/h3-5H,1-2H3. The van der Waals surface area contributed by atoms with Crippen LogP contribution in [-0.2, 0) is 0 Å². The van der Waals surface area contributed by atoms with Gasteiger partial charge in [0.15, 0.2) is 5.76 Å². The fraction of sp³-hybridized carbons (Fsp3) is 0.250. The van der Waals surface area contributed by atoms with E-state index in [0.717, 1.165) is 0 Å². The molecule has 2 heterocycles. The Kier molecular flexibility index (Phi) is 1.77. The van der Waals surface area contributed by atoms with E-state index in [1.165, 1.54) is 0 Å². The summed E-state index contributed by atoms with van der Waals surface area (Å²) >= 11 is 0. The Balaban J connectivity index is 2.33. The van der Waals surface area contributed by atoms with E-state index in [2.05, 4.69) is 10.1 Å². The predicted octanol–water partition coefficient (Wildman–Crippen LogP) is 1.40. The number of aromatic nitrogens is 2. The summed E-state index contributed by atoms with van der Waals surface area (Å²) in [5, 5.41) is 3.75. The van der Waals surface area contributed by atoms with Crippen molar-refractivity contribution in [3.8, 4) is 11.7 Å². The van der Waals surface area contributed by atoms with Crippen molar-refractivity contribution < 1.29 is 8.94 Å². The van der Waals surface area contributed by atoms with Gasteiger partial charge in [0.2, 0.25) is 0 Å². The van der Waals surface area contributed by atoms with Crippen molar-refractivity contribution in [3.63, 3.8) is 0 Å². The van der Waals surface area contributed by atoms with Gasteiger partial charge in [-0.05, 0) is 17.3 Å². The molecule has 0 unspecified atom stereocenters. The molecule has 0 aliphatic rings. The van der Waals surface area contributed by atoms with Crippen LogP contribution in [-0.4, -0.2) is 24.2 Å². The van der Waals surface area contributed by atoms with E-state index in [9.17, 15) is 0 Å². The molecule has 0 saturated carbocycles. The first-order chi connectivity index (χ1) is 6.27. The lowest BCUT2D eigenvalue weighted by atomic mass is 10.4. The third-order valence-electron chi connectivity index (χ3n) is 1.55. The Hall–Kier alpha value is -1.78. The van der Waals surface area contributed by atoms with E-state index in [1.54, 1.807) is 23.3 Å². The van der Waals surface area contributed by atoms with Crippen molar-refractivity contribution in [2.45, 2.75) is 0 Å². The maximum atomic E-state index is 5.10. The van der Waals surface area contributed by atoms with Gasteiger partial charge in [-0.2, -0.15) is 4.98 Å². The smallest absolute Gasteiger partial charge is 0.295 e. The second-order valence-electron chi connectivity index (χ2n) is 2.77. The third kappa shape index (κ3) is 1.40. The van der Waals surface area contributed by atoms with Crippen LogP contribution in [0.25, 0.3) is 11.7 Å². The normalized spacial score (nSPS) is 10.3. The number of rotatable bonds is 2. The lowest BCUT2D eigenvalue weighted by molar-refractivity contribution is 0.415. The van der Waals surface area contributed by atoms with E-state index in [0.29, 0.717) is 17.6 Å². The van der Waals surface area contributed by atoms with Gasteiger partial charge in [0.1, 0.15) is 0 Å². The number of anilines is 1. The molecule has 0 bridgehead atoms. The second kappa shape index (κ2) is 2.93. The molecule has 0 aliphatic heterocycles. The van der Waals surface area contributed by atoms with Gasteiger partial charge < -0.3 is 13.8 Å². The lowest BCUT2D eigenvalue weighted by Gasteiger charge is -2.01. The maximum Gasteiger partial charge on any atom is 0.295 e. The topological polar surface area (TPSA) is 55.3 Å². The fourth-order valence-corrected chi connectivity index (χ4v) is 0.898. The third-order valence-corrected chi connectivity index (χ3v) is 1.55. The van der Waals surface area contributed by atoms with Crippen molar-refractivity contribution in [3.05, 3.63) is 18.4 Å². The van der Waals surface area contributed by atoms with E-state index < -0.39 is 0 Å². The molecule has 13 heavy (non-hydrogen) atoms. The van der Waals surface area contributed by atoms with Gasteiger partial charge in [-0.25, -0.2) is 0 Å². The van der Waals surface area contributed by atoms with Crippen molar-refractivity contribution in [1.29, 1.82) is 0 Å². The monoisotopic (exact) mass is 179 g/mol. The molecule has 0 N–H and O–H groups in total. The predicted molar refractivity (Wildman–Crippen MR) is 46.3 cm³/mol. The quantitative estimate of drug-likeness (QED) is 0.697. The minimum Gasteiger partial charge on any atom is -0.459 e. The van der Waals surface area contributed by atoms with Gasteiger partial charge in [-0.1, -0.05) is 0 Å². The minimum atomic E-state index is 0.397. The zero-order valence-corrected chi connectivity index (χ0v) is 7.39. The van der Waals surface area contributed by atoms with Crippen LogP contribution in [0.15, 0.2) is 27.3 Å². The number of nitrogens with zero attached hydrogens (tertiary/aromatic N) is 3. The molecule has 0 saturated heterocycles. The first-order valence-electron chi connectivity index (χ1n) is 3.82. The maximum absolute atomic E-state index is 5.10. The lowest BCUT2D eigenvalue weighted by Crippen LogP contribution is -2.09. The summed E-state index contributed by atoms with van der Waals surface area (Å²) < 4.78 is 10.1. The minimum absolute atomic E-state index is 0.397. The highest BCUT2D eigenvalue weighted by Crippen LogP contribution is 2.19. The Morgan fingerprint density at radius 3 is 2.77 bits per heavy atom. The summed E-state index contributed by atoms with van der Waals surface area (Å²) in [5.74, 6) is 1.51. The van der Waals surface area contributed by atoms with Crippen LogP contribution in [0.5, 0.6) is 0 Å². The molecule has 2 rings (SSSR count). The Morgan fingerprint density at radius 2 is 2.23 bits per heavy atom.